The predicted octanol–water partition coefficient (Wildman–Crippen LogP) is 2.91. The molecule has 0 radical (unpaired) electrons. The SMILES string of the molecule is CN=C(NCCCOc1ccc(OC)cc1)NC1CCN(c2ccccc2)C1. The Morgan fingerprint density at radius 3 is 2.57 bits per heavy atom. The van der Waals surface area contributed by atoms with Crippen LogP contribution in [0.25, 0.3) is 0 Å². The minimum absolute atomic E-state index is 0.405. The molecule has 0 aromatic heterocycles. The number of aliphatic imine (C=N–C) groups is 1. The topological polar surface area (TPSA) is 58.1 Å². The molecular formula is C22H30N4O2. The summed E-state index contributed by atoms with van der Waals surface area (Å²) in [6, 6.07) is 18.6. The van der Waals surface area contributed by atoms with E-state index in [9.17, 15) is 0 Å². The molecule has 1 saturated heterocycles. The maximum atomic E-state index is 5.75. The molecule has 6 nitrogen and oxygen atoms in total. The first-order valence-corrected chi connectivity index (χ1v) is 9.82. The van der Waals surface area contributed by atoms with Crippen molar-refractivity contribution in [3.05, 3.63) is 54.6 Å². The van der Waals surface area contributed by atoms with Crippen molar-refractivity contribution < 1.29 is 9.47 Å². The quantitative estimate of drug-likeness (QED) is 0.418. The van der Waals surface area contributed by atoms with E-state index in [2.05, 4.69) is 50.9 Å². The molecule has 2 aromatic rings. The van der Waals surface area contributed by atoms with E-state index in [-0.39, 0.29) is 0 Å². The van der Waals surface area contributed by atoms with E-state index in [1.807, 2.05) is 31.3 Å². The molecule has 3 rings (SSSR count). The van der Waals surface area contributed by atoms with Gasteiger partial charge in [0.25, 0.3) is 0 Å². The molecule has 1 aliphatic heterocycles. The van der Waals surface area contributed by atoms with Crippen molar-refractivity contribution in [2.24, 2.45) is 4.99 Å². The van der Waals surface area contributed by atoms with Crippen LogP contribution in [0.2, 0.25) is 0 Å². The summed E-state index contributed by atoms with van der Waals surface area (Å²) in [6.45, 7) is 3.52. The predicted molar refractivity (Wildman–Crippen MR) is 115 cm³/mol. The van der Waals surface area contributed by atoms with Gasteiger partial charge >= 0.3 is 0 Å². The lowest BCUT2D eigenvalue weighted by molar-refractivity contribution is 0.310. The summed E-state index contributed by atoms with van der Waals surface area (Å²) < 4.78 is 10.9. The van der Waals surface area contributed by atoms with Crippen molar-refractivity contribution in [2.75, 3.05) is 45.3 Å². The number of guanidine groups is 1. The van der Waals surface area contributed by atoms with E-state index < -0.39 is 0 Å². The second-order valence-corrected chi connectivity index (χ2v) is 6.79. The van der Waals surface area contributed by atoms with Gasteiger partial charge < -0.3 is 25.0 Å². The van der Waals surface area contributed by atoms with Gasteiger partial charge in [0, 0.05) is 38.4 Å². The highest BCUT2D eigenvalue weighted by Crippen LogP contribution is 2.19. The number of para-hydroxylation sites is 1. The summed E-state index contributed by atoms with van der Waals surface area (Å²) in [5.41, 5.74) is 1.28. The van der Waals surface area contributed by atoms with Gasteiger partial charge in [-0.2, -0.15) is 0 Å². The molecule has 1 unspecified atom stereocenters. The van der Waals surface area contributed by atoms with Crippen LogP contribution in [0.5, 0.6) is 11.5 Å². The molecule has 6 heteroatoms. The Bertz CT molecular complexity index is 734. The molecule has 1 atom stereocenters. The van der Waals surface area contributed by atoms with Crippen molar-refractivity contribution in [3.8, 4) is 11.5 Å². The van der Waals surface area contributed by atoms with E-state index in [0.29, 0.717) is 12.6 Å². The number of hydrogen-bond donors (Lipinski definition) is 2. The molecule has 1 fully saturated rings. The van der Waals surface area contributed by atoms with Crippen molar-refractivity contribution in [1.82, 2.24) is 10.6 Å². The standard InChI is InChI=1S/C22H30N4O2/c1-23-22(24-14-6-16-28-21-11-9-20(27-2)10-12-21)25-18-13-15-26(17-18)19-7-4-3-5-8-19/h3-5,7-12,18H,6,13-17H2,1-2H3,(H2,23,24,25). The Kier molecular flexibility index (Phi) is 7.41. The van der Waals surface area contributed by atoms with E-state index in [1.165, 1.54) is 5.69 Å². The van der Waals surface area contributed by atoms with Crippen LogP contribution < -0.4 is 25.0 Å². The number of methoxy groups -OCH3 is 1. The molecule has 0 bridgehead atoms. The van der Waals surface area contributed by atoms with Gasteiger partial charge in [-0.1, -0.05) is 18.2 Å². The maximum Gasteiger partial charge on any atom is 0.191 e. The Morgan fingerprint density at radius 2 is 1.86 bits per heavy atom. The first-order valence-electron chi connectivity index (χ1n) is 9.82. The van der Waals surface area contributed by atoms with Gasteiger partial charge in [0.1, 0.15) is 11.5 Å². The number of benzene rings is 2. The number of nitrogens with one attached hydrogen (secondary N) is 2. The van der Waals surface area contributed by atoms with Crippen LogP contribution in [-0.2, 0) is 0 Å². The lowest BCUT2D eigenvalue weighted by Crippen LogP contribution is -2.45. The van der Waals surface area contributed by atoms with Crippen LogP contribution in [0.3, 0.4) is 0 Å². The summed E-state index contributed by atoms with van der Waals surface area (Å²) in [5.74, 6) is 2.54. The lowest BCUT2D eigenvalue weighted by Gasteiger charge is -2.20. The highest BCUT2D eigenvalue weighted by Gasteiger charge is 2.23. The molecule has 150 valence electrons. The third-order valence-corrected chi connectivity index (χ3v) is 4.82. The minimum atomic E-state index is 0.405. The van der Waals surface area contributed by atoms with Crippen LogP contribution in [-0.4, -0.2) is 52.4 Å². The number of hydrogen-bond acceptors (Lipinski definition) is 4. The Morgan fingerprint density at radius 1 is 1.11 bits per heavy atom. The summed E-state index contributed by atoms with van der Waals surface area (Å²) in [7, 11) is 3.47. The Hall–Kier alpha value is -2.89. The summed E-state index contributed by atoms with van der Waals surface area (Å²) in [4.78, 5) is 6.76. The first kappa shape index (κ1) is 19.9. The molecule has 0 aliphatic carbocycles. The number of rotatable bonds is 8. The number of anilines is 1. The average molecular weight is 383 g/mol. The summed E-state index contributed by atoms with van der Waals surface area (Å²) in [5, 5.41) is 6.90. The molecule has 2 N–H and O–H groups in total. The molecule has 1 heterocycles. The second-order valence-electron chi connectivity index (χ2n) is 6.79. The molecule has 0 amide bonds. The minimum Gasteiger partial charge on any atom is -0.497 e. The van der Waals surface area contributed by atoms with Gasteiger partial charge in [0.2, 0.25) is 0 Å². The zero-order chi connectivity index (χ0) is 19.6. The van der Waals surface area contributed by atoms with Crippen LogP contribution >= 0.6 is 0 Å². The van der Waals surface area contributed by atoms with E-state index >= 15 is 0 Å². The van der Waals surface area contributed by atoms with Crippen molar-refractivity contribution in [2.45, 2.75) is 18.9 Å². The molecular weight excluding hydrogens is 352 g/mol. The van der Waals surface area contributed by atoms with Gasteiger partial charge in [0.15, 0.2) is 5.96 Å². The number of ether oxygens (including phenoxy) is 2. The van der Waals surface area contributed by atoms with E-state index in [4.69, 9.17) is 9.47 Å². The van der Waals surface area contributed by atoms with E-state index in [1.54, 1.807) is 7.11 Å². The summed E-state index contributed by atoms with van der Waals surface area (Å²) >= 11 is 0. The van der Waals surface area contributed by atoms with Crippen LogP contribution in [0, 0.1) is 0 Å². The van der Waals surface area contributed by atoms with Crippen LogP contribution in [0.15, 0.2) is 59.6 Å². The zero-order valence-corrected chi connectivity index (χ0v) is 16.7. The summed E-state index contributed by atoms with van der Waals surface area (Å²) in [6.07, 6.45) is 2.00. The zero-order valence-electron chi connectivity index (χ0n) is 16.7. The van der Waals surface area contributed by atoms with Crippen molar-refractivity contribution in [1.29, 1.82) is 0 Å². The van der Waals surface area contributed by atoms with Gasteiger partial charge in [-0.25, -0.2) is 0 Å². The third kappa shape index (κ3) is 5.81. The third-order valence-electron chi connectivity index (χ3n) is 4.82. The fourth-order valence-electron chi connectivity index (χ4n) is 3.28. The smallest absolute Gasteiger partial charge is 0.191 e. The van der Waals surface area contributed by atoms with Gasteiger partial charge in [-0.05, 0) is 49.2 Å². The molecule has 2 aromatic carbocycles. The Balaban J connectivity index is 1.33. The largest absolute Gasteiger partial charge is 0.497 e. The van der Waals surface area contributed by atoms with Crippen LogP contribution in [0.4, 0.5) is 5.69 Å². The average Bonchev–Trinajstić information content (AvgIpc) is 3.22. The Labute approximate surface area is 167 Å². The molecule has 0 saturated carbocycles. The normalized spacial score (nSPS) is 16.7. The van der Waals surface area contributed by atoms with Gasteiger partial charge in [-0.3, -0.25) is 4.99 Å². The highest BCUT2D eigenvalue weighted by atomic mass is 16.5. The molecule has 1 aliphatic rings. The van der Waals surface area contributed by atoms with Gasteiger partial charge in [0.05, 0.1) is 13.7 Å². The first-order chi connectivity index (χ1) is 13.8. The fraction of sp³-hybridized carbons (Fsp3) is 0.409. The van der Waals surface area contributed by atoms with Gasteiger partial charge in [-0.15, -0.1) is 0 Å². The lowest BCUT2D eigenvalue weighted by atomic mass is 10.3. The maximum absolute atomic E-state index is 5.75. The van der Waals surface area contributed by atoms with Crippen molar-refractivity contribution in [3.63, 3.8) is 0 Å². The van der Waals surface area contributed by atoms with E-state index in [0.717, 1.165) is 49.9 Å². The molecule has 0 spiro atoms. The number of nitrogens with zero attached hydrogens (tertiary/aromatic N) is 2. The fourth-order valence-corrected chi connectivity index (χ4v) is 3.28. The second kappa shape index (κ2) is 10.4. The van der Waals surface area contributed by atoms with Crippen molar-refractivity contribution >= 4 is 11.6 Å². The van der Waals surface area contributed by atoms with Crippen LogP contribution in [0.1, 0.15) is 12.8 Å². The molecule has 28 heavy (non-hydrogen) atoms. The highest BCUT2D eigenvalue weighted by molar-refractivity contribution is 5.80. The monoisotopic (exact) mass is 382 g/mol.